The molecule has 1 atom stereocenters. The van der Waals surface area contributed by atoms with Gasteiger partial charge in [0.1, 0.15) is 11.8 Å². The maximum Gasteiger partial charge on any atom is 0.261 e. The fourth-order valence-electron chi connectivity index (χ4n) is 2.84. The fourth-order valence-corrected chi connectivity index (χ4v) is 3.03. The Bertz CT molecular complexity index is 795. The Labute approximate surface area is 165 Å². The average Bonchev–Trinajstić information content (AvgIpc) is 2.68. The van der Waals surface area contributed by atoms with Gasteiger partial charge in [-0.1, -0.05) is 54.9 Å². The number of benzene rings is 2. The van der Waals surface area contributed by atoms with E-state index < -0.39 is 6.04 Å². The predicted molar refractivity (Wildman–Crippen MR) is 107 cm³/mol. The van der Waals surface area contributed by atoms with E-state index in [2.05, 4.69) is 5.32 Å². The van der Waals surface area contributed by atoms with Crippen LogP contribution < -0.4 is 10.1 Å². The number of halogens is 1. The van der Waals surface area contributed by atoms with Gasteiger partial charge in [-0.05, 0) is 36.6 Å². The summed E-state index contributed by atoms with van der Waals surface area (Å²) in [7, 11) is 1.56. The lowest BCUT2D eigenvalue weighted by molar-refractivity contribution is -0.142. The first-order chi connectivity index (χ1) is 13.0. The highest BCUT2D eigenvalue weighted by atomic mass is 35.5. The van der Waals surface area contributed by atoms with Gasteiger partial charge in [0, 0.05) is 18.6 Å². The molecule has 1 N–H and O–H groups in total. The number of hydrogen-bond acceptors (Lipinski definition) is 3. The summed E-state index contributed by atoms with van der Waals surface area (Å²) in [4.78, 5) is 26.8. The number of amides is 2. The molecule has 144 valence electrons. The van der Waals surface area contributed by atoms with Crippen LogP contribution in [0.2, 0.25) is 5.02 Å². The molecule has 5 nitrogen and oxygen atoms in total. The van der Waals surface area contributed by atoms with E-state index in [9.17, 15) is 9.59 Å². The molecular formula is C21H25ClN2O3. The molecule has 0 saturated heterocycles. The zero-order valence-electron chi connectivity index (χ0n) is 15.9. The third kappa shape index (κ3) is 5.47. The van der Waals surface area contributed by atoms with E-state index >= 15 is 0 Å². The van der Waals surface area contributed by atoms with E-state index in [-0.39, 0.29) is 25.0 Å². The zero-order valence-corrected chi connectivity index (χ0v) is 16.6. The van der Waals surface area contributed by atoms with E-state index in [0.29, 0.717) is 17.2 Å². The van der Waals surface area contributed by atoms with E-state index in [4.69, 9.17) is 16.3 Å². The van der Waals surface area contributed by atoms with Gasteiger partial charge in [0.25, 0.3) is 5.91 Å². The molecular weight excluding hydrogens is 364 g/mol. The minimum atomic E-state index is -0.598. The molecule has 2 aromatic rings. The highest BCUT2D eigenvalue weighted by molar-refractivity contribution is 6.31. The summed E-state index contributed by atoms with van der Waals surface area (Å²) in [6.07, 6.45) is 0.486. The molecule has 0 aliphatic rings. The molecule has 2 aromatic carbocycles. The highest BCUT2D eigenvalue weighted by Gasteiger charge is 2.28. The second kappa shape index (κ2) is 9.97. The second-order valence-corrected chi connectivity index (χ2v) is 6.61. The number of likely N-dealkylation sites (N-methyl/N-ethyl adjacent to an activating group) is 1. The number of hydrogen-bond donors (Lipinski definition) is 1. The molecule has 0 fully saturated rings. The van der Waals surface area contributed by atoms with Crippen molar-refractivity contribution in [3.8, 4) is 5.75 Å². The van der Waals surface area contributed by atoms with Crippen LogP contribution in [-0.2, 0) is 16.1 Å². The summed E-state index contributed by atoms with van der Waals surface area (Å²) in [6.45, 7) is 3.88. The van der Waals surface area contributed by atoms with Crippen molar-refractivity contribution in [3.05, 3.63) is 64.7 Å². The summed E-state index contributed by atoms with van der Waals surface area (Å²) < 4.78 is 5.70. The largest absolute Gasteiger partial charge is 0.484 e. The summed E-state index contributed by atoms with van der Waals surface area (Å²) in [5, 5.41) is 3.19. The van der Waals surface area contributed by atoms with Crippen molar-refractivity contribution in [3.63, 3.8) is 0 Å². The summed E-state index contributed by atoms with van der Waals surface area (Å²) in [5.74, 6) is 0.166. The Morgan fingerprint density at radius 2 is 1.81 bits per heavy atom. The lowest BCUT2D eigenvalue weighted by Crippen LogP contribution is -2.49. The molecule has 0 heterocycles. The van der Waals surface area contributed by atoms with Gasteiger partial charge in [0.15, 0.2) is 6.61 Å². The molecule has 0 radical (unpaired) electrons. The van der Waals surface area contributed by atoms with Crippen molar-refractivity contribution >= 4 is 23.4 Å². The summed E-state index contributed by atoms with van der Waals surface area (Å²) in [6, 6.07) is 14.2. The van der Waals surface area contributed by atoms with Crippen LogP contribution in [0.15, 0.2) is 48.5 Å². The van der Waals surface area contributed by atoms with Crippen LogP contribution in [0.4, 0.5) is 0 Å². The van der Waals surface area contributed by atoms with Crippen LogP contribution in [0, 0.1) is 6.92 Å². The molecule has 2 rings (SSSR count). The quantitative estimate of drug-likeness (QED) is 0.751. The van der Waals surface area contributed by atoms with Gasteiger partial charge in [0.05, 0.1) is 0 Å². The second-order valence-electron chi connectivity index (χ2n) is 6.21. The zero-order chi connectivity index (χ0) is 19.8. The molecule has 0 saturated carbocycles. The van der Waals surface area contributed by atoms with Crippen molar-refractivity contribution in [2.24, 2.45) is 0 Å². The first-order valence-electron chi connectivity index (χ1n) is 8.90. The molecule has 0 bridgehead atoms. The third-order valence-electron chi connectivity index (χ3n) is 4.38. The molecule has 2 amide bonds. The molecule has 1 unspecified atom stereocenters. The number of carbonyl (C=O) groups excluding carboxylic acids is 2. The van der Waals surface area contributed by atoms with Crippen molar-refractivity contribution in [1.82, 2.24) is 10.2 Å². The topological polar surface area (TPSA) is 58.6 Å². The standard InChI is InChI=1S/C21H25ClN2O3/c1-4-18(21(26)23-3)24(13-16-10-6-7-11-17(16)22)20(25)14-27-19-12-8-5-9-15(19)2/h5-12,18H,4,13-14H2,1-3H3,(H,23,26). The number of aryl methyl sites for hydroxylation is 1. The highest BCUT2D eigenvalue weighted by Crippen LogP contribution is 2.21. The average molecular weight is 389 g/mol. The van der Waals surface area contributed by atoms with E-state index in [1.807, 2.05) is 56.3 Å². The van der Waals surface area contributed by atoms with Gasteiger partial charge < -0.3 is 15.0 Å². The van der Waals surface area contributed by atoms with Crippen LogP contribution in [-0.4, -0.2) is 36.4 Å². The predicted octanol–water partition coefficient (Wildman–Crippen LogP) is 3.58. The van der Waals surface area contributed by atoms with Gasteiger partial charge in [0.2, 0.25) is 5.91 Å². The van der Waals surface area contributed by atoms with Crippen LogP contribution in [0.25, 0.3) is 0 Å². The van der Waals surface area contributed by atoms with Gasteiger partial charge in [-0.25, -0.2) is 0 Å². The number of rotatable bonds is 8. The lowest BCUT2D eigenvalue weighted by atomic mass is 10.1. The number of nitrogens with zero attached hydrogens (tertiary/aromatic N) is 1. The molecule has 0 spiro atoms. The van der Waals surface area contributed by atoms with Gasteiger partial charge in [-0.2, -0.15) is 0 Å². The molecule has 0 aliphatic heterocycles. The third-order valence-corrected chi connectivity index (χ3v) is 4.74. The Kier molecular flexibility index (Phi) is 7.67. The smallest absolute Gasteiger partial charge is 0.261 e. The van der Waals surface area contributed by atoms with Crippen LogP contribution in [0.5, 0.6) is 5.75 Å². The number of ether oxygens (including phenoxy) is 1. The molecule has 27 heavy (non-hydrogen) atoms. The molecule has 6 heteroatoms. The van der Waals surface area contributed by atoms with E-state index in [0.717, 1.165) is 11.1 Å². The maximum atomic E-state index is 12.9. The normalized spacial score (nSPS) is 11.6. The van der Waals surface area contributed by atoms with Crippen LogP contribution >= 0.6 is 11.6 Å². The van der Waals surface area contributed by atoms with Crippen molar-refractivity contribution < 1.29 is 14.3 Å². The van der Waals surface area contributed by atoms with E-state index in [1.54, 1.807) is 13.1 Å². The maximum absolute atomic E-state index is 12.9. The SMILES string of the molecule is CCC(C(=O)NC)N(Cc1ccccc1Cl)C(=O)COc1ccccc1C. The Morgan fingerprint density at radius 3 is 2.44 bits per heavy atom. The monoisotopic (exact) mass is 388 g/mol. The van der Waals surface area contributed by atoms with Gasteiger partial charge in [-0.3, -0.25) is 9.59 Å². The van der Waals surface area contributed by atoms with Crippen LogP contribution in [0.3, 0.4) is 0 Å². The van der Waals surface area contributed by atoms with E-state index in [1.165, 1.54) is 4.90 Å². The summed E-state index contributed by atoms with van der Waals surface area (Å²) >= 11 is 6.26. The fraction of sp³-hybridized carbons (Fsp3) is 0.333. The van der Waals surface area contributed by atoms with Gasteiger partial charge in [-0.15, -0.1) is 0 Å². The Hall–Kier alpha value is -2.53. The minimum Gasteiger partial charge on any atom is -0.484 e. The number of nitrogens with one attached hydrogen (secondary N) is 1. The molecule has 0 aliphatic carbocycles. The molecule has 0 aromatic heterocycles. The van der Waals surface area contributed by atoms with Crippen molar-refractivity contribution in [2.45, 2.75) is 32.9 Å². The first-order valence-corrected chi connectivity index (χ1v) is 9.28. The summed E-state index contributed by atoms with van der Waals surface area (Å²) in [5.41, 5.74) is 1.73. The van der Waals surface area contributed by atoms with Crippen LogP contribution in [0.1, 0.15) is 24.5 Å². The Morgan fingerprint density at radius 1 is 1.15 bits per heavy atom. The number of carbonyl (C=O) groups is 2. The Balaban J connectivity index is 2.22. The lowest BCUT2D eigenvalue weighted by Gasteiger charge is -2.30. The first kappa shape index (κ1) is 20.8. The van der Waals surface area contributed by atoms with Crippen molar-refractivity contribution in [1.29, 1.82) is 0 Å². The minimum absolute atomic E-state index is 0.150. The number of para-hydroxylation sites is 1. The van der Waals surface area contributed by atoms with Crippen molar-refractivity contribution in [2.75, 3.05) is 13.7 Å². The van der Waals surface area contributed by atoms with Gasteiger partial charge >= 0.3 is 0 Å².